The van der Waals surface area contributed by atoms with Crippen molar-refractivity contribution in [1.29, 1.82) is 0 Å². The Kier molecular flexibility index (Phi) is 4.04. The number of aromatic nitrogens is 4. The second-order valence-electron chi connectivity index (χ2n) is 4.44. The molecule has 0 saturated carbocycles. The molecule has 1 amide bonds. The van der Waals surface area contributed by atoms with Crippen LogP contribution in [0.15, 0.2) is 16.7 Å². The lowest BCUT2D eigenvalue weighted by molar-refractivity contribution is -0.122. The minimum Gasteiger partial charge on any atom is -0.349 e. The minimum absolute atomic E-state index is 0.0849. The molecule has 102 valence electrons. The smallest absolute Gasteiger partial charge is 0.242 e. The summed E-state index contributed by atoms with van der Waals surface area (Å²) in [5.41, 5.74) is 2.79. The first kappa shape index (κ1) is 13.8. The number of aryl methyl sites for hydroxylation is 3. The van der Waals surface area contributed by atoms with Gasteiger partial charge in [-0.05, 0) is 35.8 Å². The zero-order valence-electron chi connectivity index (χ0n) is 11.1. The van der Waals surface area contributed by atoms with E-state index in [9.17, 15) is 4.79 Å². The number of nitrogens with zero attached hydrogens (tertiary/aromatic N) is 4. The van der Waals surface area contributed by atoms with E-state index in [1.54, 1.807) is 15.6 Å². The van der Waals surface area contributed by atoms with Gasteiger partial charge in [-0.2, -0.15) is 10.2 Å². The first-order chi connectivity index (χ1) is 8.95. The third kappa shape index (κ3) is 3.44. The van der Waals surface area contributed by atoms with Crippen molar-refractivity contribution in [1.82, 2.24) is 24.9 Å². The Morgan fingerprint density at radius 2 is 2.16 bits per heavy atom. The Hall–Kier alpha value is -1.63. The Balaban J connectivity index is 1.88. The number of halogens is 1. The van der Waals surface area contributed by atoms with Crippen molar-refractivity contribution in [3.8, 4) is 0 Å². The summed E-state index contributed by atoms with van der Waals surface area (Å²) in [5.74, 6) is -0.0849. The van der Waals surface area contributed by atoms with Gasteiger partial charge in [-0.25, -0.2) is 0 Å². The average molecular weight is 326 g/mol. The summed E-state index contributed by atoms with van der Waals surface area (Å²) in [6, 6.07) is 1.95. The molecule has 0 aliphatic rings. The van der Waals surface area contributed by atoms with Crippen LogP contribution < -0.4 is 5.32 Å². The van der Waals surface area contributed by atoms with Gasteiger partial charge in [-0.3, -0.25) is 14.2 Å². The normalized spacial score (nSPS) is 10.7. The molecule has 0 saturated heterocycles. The van der Waals surface area contributed by atoms with Crippen molar-refractivity contribution in [3.05, 3.63) is 33.8 Å². The van der Waals surface area contributed by atoms with Crippen LogP contribution >= 0.6 is 15.9 Å². The van der Waals surface area contributed by atoms with Crippen molar-refractivity contribution < 1.29 is 4.79 Å². The lowest BCUT2D eigenvalue weighted by Crippen LogP contribution is -2.27. The highest BCUT2D eigenvalue weighted by Gasteiger charge is 2.08. The number of hydrogen-bond acceptors (Lipinski definition) is 3. The predicted molar refractivity (Wildman–Crippen MR) is 74.5 cm³/mol. The van der Waals surface area contributed by atoms with Gasteiger partial charge in [0.05, 0.1) is 22.4 Å². The molecule has 0 unspecified atom stereocenters. The SMILES string of the molecule is Cc1nn(CC(=O)NCc2cc(C)n(C)n2)cc1Br. The van der Waals surface area contributed by atoms with Crippen LogP contribution in [0, 0.1) is 13.8 Å². The molecule has 0 aliphatic heterocycles. The molecule has 2 aromatic heterocycles. The van der Waals surface area contributed by atoms with Gasteiger partial charge in [-0.15, -0.1) is 0 Å². The molecule has 7 heteroatoms. The van der Waals surface area contributed by atoms with E-state index in [1.807, 2.05) is 27.0 Å². The number of amides is 1. The molecule has 1 N–H and O–H groups in total. The Morgan fingerprint density at radius 3 is 2.68 bits per heavy atom. The van der Waals surface area contributed by atoms with Gasteiger partial charge in [0.15, 0.2) is 0 Å². The largest absolute Gasteiger partial charge is 0.349 e. The van der Waals surface area contributed by atoms with Gasteiger partial charge in [0.25, 0.3) is 0 Å². The van der Waals surface area contributed by atoms with Crippen LogP contribution in [0.5, 0.6) is 0 Å². The fourth-order valence-electron chi connectivity index (χ4n) is 1.69. The standard InChI is InChI=1S/C12H16BrN5O/c1-8-4-10(16-17(8)3)5-14-12(19)7-18-6-11(13)9(2)15-18/h4,6H,5,7H2,1-3H3,(H,14,19). The topological polar surface area (TPSA) is 64.7 Å². The molecular formula is C12H16BrN5O. The first-order valence-electron chi connectivity index (χ1n) is 5.91. The average Bonchev–Trinajstić information content (AvgIpc) is 2.81. The second-order valence-corrected chi connectivity index (χ2v) is 5.29. The highest BCUT2D eigenvalue weighted by Crippen LogP contribution is 2.12. The maximum absolute atomic E-state index is 11.8. The quantitative estimate of drug-likeness (QED) is 0.921. The van der Waals surface area contributed by atoms with E-state index in [1.165, 1.54) is 0 Å². The van der Waals surface area contributed by atoms with Crippen molar-refractivity contribution in [2.24, 2.45) is 7.05 Å². The van der Waals surface area contributed by atoms with E-state index >= 15 is 0 Å². The van der Waals surface area contributed by atoms with Crippen LogP contribution in [0.4, 0.5) is 0 Å². The molecule has 2 rings (SSSR count). The van der Waals surface area contributed by atoms with Gasteiger partial charge in [0.1, 0.15) is 6.54 Å². The van der Waals surface area contributed by atoms with Crippen LogP contribution in [0.3, 0.4) is 0 Å². The summed E-state index contributed by atoms with van der Waals surface area (Å²) in [6.45, 7) is 4.50. The van der Waals surface area contributed by atoms with Crippen molar-refractivity contribution >= 4 is 21.8 Å². The van der Waals surface area contributed by atoms with Crippen LogP contribution in [-0.2, 0) is 24.9 Å². The number of carbonyl (C=O) groups excluding carboxylic acids is 1. The van der Waals surface area contributed by atoms with E-state index in [2.05, 4.69) is 31.4 Å². The predicted octanol–water partition coefficient (Wildman–Crippen LogP) is 1.31. The lowest BCUT2D eigenvalue weighted by Gasteiger charge is -2.03. The molecule has 0 spiro atoms. The lowest BCUT2D eigenvalue weighted by atomic mass is 10.3. The van der Waals surface area contributed by atoms with Crippen molar-refractivity contribution in [2.75, 3.05) is 0 Å². The number of rotatable bonds is 4. The first-order valence-corrected chi connectivity index (χ1v) is 6.71. The molecule has 2 heterocycles. The zero-order valence-corrected chi connectivity index (χ0v) is 12.7. The molecule has 0 atom stereocenters. The van der Waals surface area contributed by atoms with Gasteiger partial charge < -0.3 is 5.32 Å². The summed E-state index contributed by atoms with van der Waals surface area (Å²) in [4.78, 5) is 11.8. The second kappa shape index (κ2) is 5.56. The number of carbonyl (C=O) groups is 1. The molecule has 0 aliphatic carbocycles. The van der Waals surface area contributed by atoms with E-state index in [0.29, 0.717) is 6.54 Å². The van der Waals surface area contributed by atoms with Crippen LogP contribution in [0.25, 0.3) is 0 Å². The summed E-state index contributed by atoms with van der Waals surface area (Å²) >= 11 is 3.36. The van der Waals surface area contributed by atoms with E-state index < -0.39 is 0 Å². The summed E-state index contributed by atoms with van der Waals surface area (Å²) in [7, 11) is 1.88. The third-order valence-corrected chi connectivity index (χ3v) is 3.60. The summed E-state index contributed by atoms with van der Waals surface area (Å²) < 4.78 is 4.30. The van der Waals surface area contributed by atoms with Gasteiger partial charge in [-0.1, -0.05) is 0 Å². The van der Waals surface area contributed by atoms with Crippen LogP contribution in [-0.4, -0.2) is 25.5 Å². The van der Waals surface area contributed by atoms with Crippen LogP contribution in [0.1, 0.15) is 17.1 Å². The Morgan fingerprint density at radius 1 is 1.42 bits per heavy atom. The molecule has 0 fully saturated rings. The minimum atomic E-state index is -0.0849. The summed E-state index contributed by atoms with van der Waals surface area (Å²) in [5, 5.41) is 11.3. The van der Waals surface area contributed by atoms with Crippen molar-refractivity contribution in [2.45, 2.75) is 26.9 Å². The molecule has 0 bridgehead atoms. The highest BCUT2D eigenvalue weighted by atomic mass is 79.9. The Bertz CT molecular complexity index is 562. The molecule has 0 aromatic carbocycles. The fourth-order valence-corrected chi connectivity index (χ4v) is 2.00. The van der Waals surface area contributed by atoms with Crippen LogP contribution in [0.2, 0.25) is 0 Å². The third-order valence-electron chi connectivity index (χ3n) is 2.82. The monoisotopic (exact) mass is 325 g/mol. The molecule has 2 aromatic rings. The summed E-state index contributed by atoms with van der Waals surface area (Å²) in [6.07, 6.45) is 1.79. The van der Waals surface area contributed by atoms with Gasteiger partial charge in [0, 0.05) is 18.9 Å². The van der Waals surface area contributed by atoms with Crippen molar-refractivity contribution in [3.63, 3.8) is 0 Å². The van der Waals surface area contributed by atoms with Gasteiger partial charge in [0.2, 0.25) is 5.91 Å². The van der Waals surface area contributed by atoms with E-state index in [-0.39, 0.29) is 12.5 Å². The molecule has 19 heavy (non-hydrogen) atoms. The number of nitrogens with one attached hydrogen (secondary N) is 1. The molecule has 6 nitrogen and oxygen atoms in total. The molecular weight excluding hydrogens is 310 g/mol. The Labute approximate surface area is 119 Å². The van der Waals surface area contributed by atoms with E-state index in [4.69, 9.17) is 0 Å². The maximum atomic E-state index is 11.8. The fraction of sp³-hybridized carbons (Fsp3) is 0.417. The van der Waals surface area contributed by atoms with Gasteiger partial charge >= 0.3 is 0 Å². The van der Waals surface area contributed by atoms with E-state index in [0.717, 1.165) is 21.6 Å². The zero-order chi connectivity index (χ0) is 14.0. The number of hydrogen-bond donors (Lipinski definition) is 1. The highest BCUT2D eigenvalue weighted by molar-refractivity contribution is 9.10. The maximum Gasteiger partial charge on any atom is 0.242 e. The molecule has 0 radical (unpaired) electrons.